The summed E-state index contributed by atoms with van der Waals surface area (Å²) in [6.45, 7) is 3.72. The molecule has 4 rings (SSSR count). The van der Waals surface area contributed by atoms with Gasteiger partial charge in [0.2, 0.25) is 11.8 Å². The molecule has 2 aliphatic heterocycles. The molecule has 0 bridgehead atoms. The van der Waals surface area contributed by atoms with Gasteiger partial charge in [0.05, 0.1) is 0 Å². The molecule has 24 heavy (non-hydrogen) atoms. The lowest BCUT2D eigenvalue weighted by molar-refractivity contribution is -0.138. The fraction of sp³-hybridized carbons (Fsp3) is 0.900. The lowest BCUT2D eigenvalue weighted by Gasteiger charge is -2.35. The zero-order valence-corrected chi connectivity index (χ0v) is 15.0. The van der Waals surface area contributed by atoms with Crippen molar-refractivity contribution in [2.45, 2.75) is 70.6 Å². The highest BCUT2D eigenvalue weighted by molar-refractivity contribution is 5.83. The Balaban J connectivity index is 1.29. The first-order chi connectivity index (χ1) is 11.7. The lowest BCUT2D eigenvalue weighted by Crippen LogP contribution is -2.43. The van der Waals surface area contributed by atoms with Gasteiger partial charge in [0, 0.05) is 38.0 Å². The van der Waals surface area contributed by atoms with Crippen molar-refractivity contribution in [3.8, 4) is 0 Å². The van der Waals surface area contributed by atoms with E-state index in [2.05, 4.69) is 9.80 Å². The van der Waals surface area contributed by atoms with Gasteiger partial charge >= 0.3 is 0 Å². The summed E-state index contributed by atoms with van der Waals surface area (Å²) >= 11 is 0. The van der Waals surface area contributed by atoms with E-state index >= 15 is 0 Å². The Morgan fingerprint density at radius 1 is 0.708 bits per heavy atom. The monoisotopic (exact) mass is 332 g/mol. The number of carbonyl (C=O) groups excluding carboxylic acids is 2. The second-order valence-corrected chi connectivity index (χ2v) is 8.67. The van der Waals surface area contributed by atoms with E-state index in [0.717, 1.165) is 58.3 Å². The quantitative estimate of drug-likeness (QED) is 0.729. The van der Waals surface area contributed by atoms with Crippen LogP contribution in [0.1, 0.15) is 70.6 Å². The van der Waals surface area contributed by atoms with Gasteiger partial charge in [-0.25, -0.2) is 0 Å². The molecule has 2 aliphatic carbocycles. The minimum Gasteiger partial charge on any atom is -0.342 e. The predicted molar refractivity (Wildman–Crippen MR) is 93.4 cm³/mol. The SMILES string of the molecule is O=C(C1CCCCCC1)N1CCC2(CC1)CC2C(=O)N1CCCC1. The highest BCUT2D eigenvalue weighted by Crippen LogP contribution is 2.60. The molecule has 0 aromatic heterocycles. The van der Waals surface area contributed by atoms with Crippen LogP contribution in [-0.4, -0.2) is 47.8 Å². The maximum Gasteiger partial charge on any atom is 0.226 e. The van der Waals surface area contributed by atoms with Gasteiger partial charge < -0.3 is 9.80 Å². The molecule has 0 radical (unpaired) electrons. The van der Waals surface area contributed by atoms with Crippen LogP contribution in [0.25, 0.3) is 0 Å². The summed E-state index contributed by atoms with van der Waals surface area (Å²) in [4.78, 5) is 29.6. The van der Waals surface area contributed by atoms with E-state index in [1.165, 1.54) is 38.5 Å². The summed E-state index contributed by atoms with van der Waals surface area (Å²) in [5, 5.41) is 0. The molecular weight excluding hydrogens is 300 g/mol. The molecule has 0 aromatic carbocycles. The van der Waals surface area contributed by atoms with Crippen molar-refractivity contribution in [1.82, 2.24) is 9.80 Å². The van der Waals surface area contributed by atoms with Gasteiger partial charge in [0.1, 0.15) is 0 Å². The van der Waals surface area contributed by atoms with E-state index in [4.69, 9.17) is 0 Å². The smallest absolute Gasteiger partial charge is 0.226 e. The Morgan fingerprint density at radius 3 is 1.92 bits per heavy atom. The Morgan fingerprint density at radius 2 is 1.29 bits per heavy atom. The van der Waals surface area contributed by atoms with E-state index in [9.17, 15) is 9.59 Å². The highest BCUT2D eigenvalue weighted by Gasteiger charge is 2.59. The van der Waals surface area contributed by atoms with Gasteiger partial charge in [-0.2, -0.15) is 0 Å². The topological polar surface area (TPSA) is 40.6 Å². The van der Waals surface area contributed by atoms with E-state index < -0.39 is 0 Å². The van der Waals surface area contributed by atoms with Gasteiger partial charge in [-0.1, -0.05) is 25.7 Å². The van der Waals surface area contributed by atoms with Gasteiger partial charge in [-0.05, 0) is 50.4 Å². The predicted octanol–water partition coefficient (Wildman–Crippen LogP) is 3.21. The van der Waals surface area contributed by atoms with E-state index in [0.29, 0.717) is 11.8 Å². The van der Waals surface area contributed by atoms with Crippen molar-refractivity contribution in [3.05, 3.63) is 0 Å². The van der Waals surface area contributed by atoms with Crippen LogP contribution in [-0.2, 0) is 9.59 Å². The maximum absolute atomic E-state index is 12.8. The van der Waals surface area contributed by atoms with Crippen LogP contribution in [0.15, 0.2) is 0 Å². The van der Waals surface area contributed by atoms with Crippen molar-refractivity contribution in [1.29, 1.82) is 0 Å². The first kappa shape index (κ1) is 16.4. The van der Waals surface area contributed by atoms with Crippen LogP contribution in [0.3, 0.4) is 0 Å². The van der Waals surface area contributed by atoms with Gasteiger partial charge in [-0.3, -0.25) is 9.59 Å². The van der Waals surface area contributed by atoms with Crippen LogP contribution in [0.2, 0.25) is 0 Å². The molecule has 1 spiro atoms. The van der Waals surface area contributed by atoms with Crippen molar-refractivity contribution < 1.29 is 9.59 Å². The highest BCUT2D eigenvalue weighted by atomic mass is 16.2. The molecule has 2 amide bonds. The number of hydrogen-bond donors (Lipinski definition) is 0. The van der Waals surface area contributed by atoms with Crippen molar-refractivity contribution >= 4 is 11.8 Å². The fourth-order valence-electron chi connectivity index (χ4n) is 5.36. The number of carbonyl (C=O) groups is 2. The summed E-state index contributed by atoms with van der Waals surface area (Å²) < 4.78 is 0. The normalized spacial score (nSPS) is 30.4. The number of likely N-dealkylation sites (tertiary alicyclic amines) is 2. The van der Waals surface area contributed by atoms with E-state index in [-0.39, 0.29) is 17.3 Å². The summed E-state index contributed by atoms with van der Waals surface area (Å²) in [5.74, 6) is 1.37. The molecule has 0 N–H and O–H groups in total. The number of amides is 2. The van der Waals surface area contributed by atoms with Gasteiger partial charge in [0.15, 0.2) is 0 Å². The summed E-state index contributed by atoms with van der Waals surface area (Å²) in [6, 6.07) is 0. The molecule has 2 saturated carbocycles. The first-order valence-electron chi connectivity index (χ1n) is 10.3. The summed E-state index contributed by atoms with van der Waals surface area (Å²) in [6.07, 6.45) is 12.8. The minimum absolute atomic E-state index is 0.250. The zero-order chi connectivity index (χ0) is 16.6. The van der Waals surface area contributed by atoms with Gasteiger partial charge in [-0.15, -0.1) is 0 Å². The molecule has 4 fully saturated rings. The summed E-state index contributed by atoms with van der Waals surface area (Å²) in [7, 11) is 0. The van der Waals surface area contributed by atoms with Crippen LogP contribution in [0, 0.1) is 17.3 Å². The minimum atomic E-state index is 0.250. The molecule has 1 unspecified atom stereocenters. The Kier molecular flexibility index (Phi) is 4.57. The van der Waals surface area contributed by atoms with Gasteiger partial charge in [0.25, 0.3) is 0 Å². The Hall–Kier alpha value is -1.06. The molecule has 2 heterocycles. The van der Waals surface area contributed by atoms with Crippen LogP contribution in [0.4, 0.5) is 0 Å². The molecule has 4 aliphatic rings. The molecule has 1 atom stereocenters. The fourth-order valence-corrected chi connectivity index (χ4v) is 5.36. The third-order valence-electron chi connectivity index (χ3n) is 7.18. The summed E-state index contributed by atoms with van der Waals surface area (Å²) in [5.41, 5.74) is 0.250. The van der Waals surface area contributed by atoms with Crippen molar-refractivity contribution in [2.24, 2.45) is 17.3 Å². The number of hydrogen-bond acceptors (Lipinski definition) is 2. The molecule has 4 heteroatoms. The van der Waals surface area contributed by atoms with Crippen molar-refractivity contribution in [2.75, 3.05) is 26.2 Å². The standard InChI is InChI=1S/C20H32N2O2/c23-18(16-7-3-1-2-4-8-16)22-13-9-20(10-14-22)15-17(20)19(24)21-11-5-6-12-21/h16-17H,1-15H2. The van der Waals surface area contributed by atoms with Crippen LogP contribution >= 0.6 is 0 Å². The second kappa shape index (κ2) is 6.68. The number of rotatable bonds is 2. The average molecular weight is 332 g/mol. The maximum atomic E-state index is 12.8. The molecule has 134 valence electrons. The number of piperidine rings is 1. The molecule has 2 saturated heterocycles. The Bertz CT molecular complexity index is 482. The number of nitrogens with zero attached hydrogens (tertiary/aromatic N) is 2. The average Bonchev–Trinajstić information content (AvgIpc) is 3.14. The van der Waals surface area contributed by atoms with Crippen LogP contribution < -0.4 is 0 Å². The van der Waals surface area contributed by atoms with Crippen LogP contribution in [0.5, 0.6) is 0 Å². The Labute approximate surface area is 145 Å². The third kappa shape index (κ3) is 3.09. The zero-order valence-electron chi connectivity index (χ0n) is 15.0. The largest absolute Gasteiger partial charge is 0.342 e. The first-order valence-corrected chi connectivity index (χ1v) is 10.3. The second-order valence-electron chi connectivity index (χ2n) is 8.67. The van der Waals surface area contributed by atoms with Crippen molar-refractivity contribution in [3.63, 3.8) is 0 Å². The third-order valence-corrected chi connectivity index (χ3v) is 7.18. The molecule has 0 aromatic rings. The van der Waals surface area contributed by atoms with E-state index in [1.54, 1.807) is 0 Å². The molecule has 4 nitrogen and oxygen atoms in total. The lowest BCUT2D eigenvalue weighted by atomic mass is 9.89. The van der Waals surface area contributed by atoms with E-state index in [1.807, 2.05) is 0 Å². The molecular formula is C20H32N2O2.